The van der Waals surface area contributed by atoms with Crippen molar-refractivity contribution < 1.29 is 19.1 Å². The van der Waals surface area contributed by atoms with Crippen LogP contribution in [0.25, 0.3) is 0 Å². The zero-order valence-electron chi connectivity index (χ0n) is 9.94. The highest BCUT2D eigenvalue weighted by Gasteiger charge is 2.16. The molecule has 0 saturated heterocycles. The molecule has 5 nitrogen and oxygen atoms in total. The maximum Gasteiger partial charge on any atom is 0.337 e. The molecule has 2 N–H and O–H groups in total. The van der Waals surface area contributed by atoms with Gasteiger partial charge in [-0.15, -0.1) is 0 Å². The highest BCUT2D eigenvalue weighted by atomic mass is 127. The molecular formula is C13H10INO4. The van der Waals surface area contributed by atoms with Crippen LogP contribution in [0.3, 0.4) is 0 Å². The Hall–Kier alpha value is -1.83. The molecule has 0 aliphatic carbocycles. The number of halogens is 1. The molecular weight excluding hydrogens is 361 g/mol. The van der Waals surface area contributed by atoms with Crippen LogP contribution in [0.15, 0.2) is 34.9 Å². The van der Waals surface area contributed by atoms with E-state index in [9.17, 15) is 9.59 Å². The molecule has 0 unspecified atom stereocenters. The molecule has 0 spiro atoms. The summed E-state index contributed by atoms with van der Waals surface area (Å²) < 4.78 is 5.83. The second-order valence-electron chi connectivity index (χ2n) is 3.84. The number of benzene rings is 1. The van der Waals surface area contributed by atoms with Crippen LogP contribution < -0.4 is 5.32 Å². The van der Waals surface area contributed by atoms with Crippen molar-refractivity contribution in [3.63, 3.8) is 0 Å². The highest BCUT2D eigenvalue weighted by molar-refractivity contribution is 14.1. The maximum atomic E-state index is 12.0. The van der Waals surface area contributed by atoms with Crippen LogP contribution in [0.1, 0.15) is 26.5 Å². The number of amides is 1. The third kappa shape index (κ3) is 2.95. The standard InChI is InChI=1S/C13H10INO4/c1-7-9(4-5-19-7)12(16)15-11-3-2-8(14)6-10(11)13(17)18/h2-6H,1H3,(H,15,16)(H,17,18). The van der Waals surface area contributed by atoms with E-state index in [0.717, 1.165) is 3.57 Å². The average molecular weight is 371 g/mol. The van der Waals surface area contributed by atoms with Crippen LogP contribution in [0.5, 0.6) is 0 Å². The lowest BCUT2D eigenvalue weighted by molar-refractivity contribution is 0.0698. The van der Waals surface area contributed by atoms with Crippen molar-refractivity contribution in [3.8, 4) is 0 Å². The van der Waals surface area contributed by atoms with E-state index in [4.69, 9.17) is 9.52 Å². The maximum absolute atomic E-state index is 12.0. The second-order valence-corrected chi connectivity index (χ2v) is 5.09. The zero-order valence-corrected chi connectivity index (χ0v) is 12.1. The summed E-state index contributed by atoms with van der Waals surface area (Å²) in [7, 11) is 0. The summed E-state index contributed by atoms with van der Waals surface area (Å²) in [5.74, 6) is -0.993. The summed E-state index contributed by atoms with van der Waals surface area (Å²) in [6.45, 7) is 1.67. The van der Waals surface area contributed by atoms with Crippen LogP contribution in [-0.2, 0) is 0 Å². The van der Waals surface area contributed by atoms with Crippen molar-refractivity contribution in [2.75, 3.05) is 5.32 Å². The van der Waals surface area contributed by atoms with Crippen LogP contribution in [-0.4, -0.2) is 17.0 Å². The lowest BCUT2D eigenvalue weighted by Crippen LogP contribution is -2.15. The Morgan fingerprint density at radius 2 is 2.00 bits per heavy atom. The van der Waals surface area contributed by atoms with Crippen LogP contribution in [0.2, 0.25) is 0 Å². The van der Waals surface area contributed by atoms with Gasteiger partial charge < -0.3 is 14.8 Å². The Morgan fingerprint density at radius 1 is 1.26 bits per heavy atom. The molecule has 0 fully saturated rings. The van der Waals surface area contributed by atoms with Crippen LogP contribution in [0.4, 0.5) is 5.69 Å². The van der Waals surface area contributed by atoms with Gasteiger partial charge in [0.1, 0.15) is 5.76 Å². The number of aromatic carboxylic acids is 1. The zero-order chi connectivity index (χ0) is 14.0. The molecule has 0 atom stereocenters. The molecule has 2 rings (SSSR count). The van der Waals surface area contributed by atoms with Gasteiger partial charge in [-0.1, -0.05) is 0 Å². The Morgan fingerprint density at radius 3 is 2.58 bits per heavy atom. The number of carbonyl (C=O) groups excluding carboxylic acids is 1. The second kappa shape index (κ2) is 5.43. The largest absolute Gasteiger partial charge is 0.478 e. The van der Waals surface area contributed by atoms with E-state index in [1.165, 1.54) is 18.4 Å². The van der Waals surface area contributed by atoms with Crippen molar-refractivity contribution in [2.45, 2.75) is 6.92 Å². The monoisotopic (exact) mass is 371 g/mol. The first-order valence-corrected chi connectivity index (χ1v) is 6.45. The topological polar surface area (TPSA) is 79.5 Å². The normalized spacial score (nSPS) is 10.2. The van der Waals surface area contributed by atoms with E-state index in [2.05, 4.69) is 5.32 Å². The lowest BCUT2D eigenvalue weighted by Gasteiger charge is -2.08. The van der Waals surface area contributed by atoms with Gasteiger partial charge in [0.15, 0.2) is 0 Å². The predicted octanol–water partition coefficient (Wildman–Crippen LogP) is 3.14. The number of rotatable bonds is 3. The molecule has 0 bridgehead atoms. The van der Waals surface area contributed by atoms with Gasteiger partial charge in [-0.3, -0.25) is 4.79 Å². The van der Waals surface area contributed by atoms with Gasteiger partial charge in [0, 0.05) is 3.57 Å². The van der Waals surface area contributed by atoms with Gasteiger partial charge >= 0.3 is 5.97 Å². The Bertz CT molecular complexity index is 648. The summed E-state index contributed by atoms with van der Waals surface area (Å²) in [5, 5.41) is 11.7. The van der Waals surface area contributed by atoms with E-state index in [0.29, 0.717) is 11.3 Å². The van der Waals surface area contributed by atoms with Gasteiger partial charge in [-0.25, -0.2) is 4.79 Å². The van der Waals surface area contributed by atoms with Crippen molar-refractivity contribution in [3.05, 3.63) is 51.0 Å². The smallest absolute Gasteiger partial charge is 0.337 e. The van der Waals surface area contributed by atoms with E-state index < -0.39 is 11.9 Å². The minimum Gasteiger partial charge on any atom is -0.478 e. The fourth-order valence-electron chi connectivity index (χ4n) is 1.61. The van der Waals surface area contributed by atoms with Crippen LogP contribution in [0, 0.1) is 10.5 Å². The molecule has 1 aromatic heterocycles. The number of hydrogen-bond donors (Lipinski definition) is 2. The molecule has 0 aliphatic heterocycles. The SMILES string of the molecule is Cc1occc1C(=O)Nc1ccc(I)cc1C(=O)O. The number of anilines is 1. The minimum atomic E-state index is -1.09. The average Bonchev–Trinajstić information content (AvgIpc) is 2.77. The number of carbonyl (C=O) groups is 2. The van der Waals surface area contributed by atoms with Crippen molar-refractivity contribution >= 4 is 40.2 Å². The van der Waals surface area contributed by atoms with Crippen molar-refractivity contribution in [2.24, 2.45) is 0 Å². The first-order valence-electron chi connectivity index (χ1n) is 5.37. The van der Waals surface area contributed by atoms with Crippen LogP contribution >= 0.6 is 22.6 Å². The molecule has 0 aliphatic rings. The Balaban J connectivity index is 2.32. The minimum absolute atomic E-state index is 0.0568. The van der Waals surface area contributed by atoms with Gasteiger partial charge in [-0.05, 0) is 53.8 Å². The third-order valence-electron chi connectivity index (χ3n) is 2.56. The molecule has 0 saturated carbocycles. The predicted molar refractivity (Wildman–Crippen MR) is 77.5 cm³/mol. The van der Waals surface area contributed by atoms with Gasteiger partial charge in [0.05, 0.1) is 23.1 Å². The van der Waals surface area contributed by atoms with E-state index in [1.807, 2.05) is 22.6 Å². The number of carboxylic acid groups (broad SMARTS) is 1. The van der Waals surface area contributed by atoms with E-state index in [1.54, 1.807) is 19.1 Å². The molecule has 1 heterocycles. The fraction of sp³-hybridized carbons (Fsp3) is 0.0769. The molecule has 0 radical (unpaired) electrons. The number of aryl methyl sites for hydroxylation is 1. The van der Waals surface area contributed by atoms with Gasteiger partial charge in [0.2, 0.25) is 0 Å². The van der Waals surface area contributed by atoms with Crippen molar-refractivity contribution in [1.82, 2.24) is 0 Å². The number of hydrogen-bond acceptors (Lipinski definition) is 3. The molecule has 2 aromatic rings. The quantitative estimate of drug-likeness (QED) is 0.813. The first-order chi connectivity index (χ1) is 8.99. The number of carboxylic acids is 1. The summed E-state index contributed by atoms with van der Waals surface area (Å²) in [4.78, 5) is 23.1. The summed E-state index contributed by atoms with van der Waals surface area (Å²) >= 11 is 2.01. The van der Waals surface area contributed by atoms with Gasteiger partial charge in [-0.2, -0.15) is 0 Å². The third-order valence-corrected chi connectivity index (χ3v) is 3.23. The highest BCUT2D eigenvalue weighted by Crippen LogP contribution is 2.20. The van der Waals surface area contributed by atoms with E-state index >= 15 is 0 Å². The first kappa shape index (κ1) is 13.6. The molecule has 1 aromatic carbocycles. The summed E-state index contributed by atoms with van der Waals surface area (Å²) in [6.07, 6.45) is 1.41. The fourth-order valence-corrected chi connectivity index (χ4v) is 2.10. The molecule has 6 heteroatoms. The summed E-state index contributed by atoms with van der Waals surface area (Å²) in [5.41, 5.74) is 0.704. The molecule has 98 valence electrons. The summed E-state index contributed by atoms with van der Waals surface area (Å²) in [6, 6.07) is 6.34. The van der Waals surface area contributed by atoms with Gasteiger partial charge in [0.25, 0.3) is 5.91 Å². The van der Waals surface area contributed by atoms with Crippen molar-refractivity contribution in [1.29, 1.82) is 0 Å². The number of furan rings is 1. The number of nitrogens with one attached hydrogen (secondary N) is 1. The Kier molecular flexibility index (Phi) is 3.89. The Labute approximate surface area is 122 Å². The lowest BCUT2D eigenvalue weighted by atomic mass is 10.1. The molecule has 19 heavy (non-hydrogen) atoms. The van der Waals surface area contributed by atoms with E-state index in [-0.39, 0.29) is 11.3 Å². The molecule has 1 amide bonds.